The van der Waals surface area contributed by atoms with Gasteiger partial charge in [-0.05, 0) is 43.9 Å². The minimum atomic E-state index is -0.491. The molecule has 1 spiro atoms. The van der Waals surface area contributed by atoms with Crippen LogP contribution in [0.1, 0.15) is 42.5 Å². The normalized spacial score (nSPS) is 20.0. The first-order chi connectivity index (χ1) is 11.1. The number of nitrogens with zero attached hydrogens (tertiary/aromatic N) is 3. The van der Waals surface area contributed by atoms with Crippen LogP contribution in [0.5, 0.6) is 0 Å². The first kappa shape index (κ1) is 15.3. The summed E-state index contributed by atoms with van der Waals surface area (Å²) in [7, 11) is 1.61. The zero-order chi connectivity index (χ0) is 16.4. The largest absolute Gasteiger partial charge is 0.369 e. The smallest absolute Gasteiger partial charge is 0.251 e. The predicted octanol–water partition coefficient (Wildman–Crippen LogP) is 1.16. The van der Waals surface area contributed by atoms with E-state index in [-0.39, 0.29) is 11.9 Å². The molecule has 0 bridgehead atoms. The SMILES string of the molecule is CNC(=O)c1cccc(N2C(N)=NC(N)=NC23CCCCC3)c1. The molecule has 122 valence electrons. The van der Waals surface area contributed by atoms with Gasteiger partial charge >= 0.3 is 0 Å². The summed E-state index contributed by atoms with van der Waals surface area (Å²) in [6.07, 6.45) is 5.05. The number of carbonyl (C=O) groups is 1. The molecule has 1 aromatic rings. The quantitative estimate of drug-likeness (QED) is 0.761. The molecule has 1 saturated carbocycles. The number of guanidine groups is 2. The Labute approximate surface area is 135 Å². The summed E-state index contributed by atoms with van der Waals surface area (Å²) >= 11 is 0. The second kappa shape index (κ2) is 5.91. The molecule has 1 aromatic carbocycles. The standard InChI is InChI=1S/C16H22N6O/c1-19-13(23)11-6-5-7-12(10-11)22-15(18)20-14(17)21-16(22)8-3-2-4-9-16/h5-7,10H,2-4,8-9H2,1H3,(H,19,23)(H4,17,18,20,21). The van der Waals surface area contributed by atoms with Crippen molar-refractivity contribution < 1.29 is 4.79 Å². The topological polar surface area (TPSA) is 109 Å². The van der Waals surface area contributed by atoms with Crippen LogP contribution in [0, 0.1) is 0 Å². The third-order valence-corrected chi connectivity index (χ3v) is 4.45. The van der Waals surface area contributed by atoms with Gasteiger partial charge in [-0.15, -0.1) is 0 Å². The third-order valence-electron chi connectivity index (χ3n) is 4.45. The fourth-order valence-electron chi connectivity index (χ4n) is 3.43. The van der Waals surface area contributed by atoms with Crippen LogP contribution in [0.2, 0.25) is 0 Å². The van der Waals surface area contributed by atoms with E-state index in [2.05, 4.69) is 15.3 Å². The molecule has 2 aliphatic rings. The van der Waals surface area contributed by atoms with Crippen molar-refractivity contribution in [3.8, 4) is 0 Å². The fraction of sp³-hybridized carbons (Fsp3) is 0.438. The Hall–Kier alpha value is -2.57. The van der Waals surface area contributed by atoms with Crippen LogP contribution in [-0.2, 0) is 0 Å². The molecule has 7 heteroatoms. The number of nitrogens with two attached hydrogens (primary N) is 2. The summed E-state index contributed by atoms with van der Waals surface area (Å²) in [6, 6.07) is 7.34. The Bertz CT molecular complexity index is 675. The highest BCUT2D eigenvalue weighted by molar-refractivity contribution is 6.06. The summed E-state index contributed by atoms with van der Waals surface area (Å²) < 4.78 is 0. The molecule has 0 atom stereocenters. The summed E-state index contributed by atoms with van der Waals surface area (Å²) in [4.78, 5) is 22.6. The maximum Gasteiger partial charge on any atom is 0.251 e. The summed E-state index contributed by atoms with van der Waals surface area (Å²) in [5, 5.41) is 2.63. The molecular formula is C16H22N6O. The molecule has 0 unspecified atom stereocenters. The van der Waals surface area contributed by atoms with Gasteiger partial charge in [-0.3, -0.25) is 9.69 Å². The van der Waals surface area contributed by atoms with Gasteiger partial charge in [-0.2, -0.15) is 4.99 Å². The second-order valence-electron chi connectivity index (χ2n) is 5.95. The van der Waals surface area contributed by atoms with Crippen LogP contribution < -0.4 is 21.7 Å². The van der Waals surface area contributed by atoms with Crippen LogP contribution in [0.25, 0.3) is 0 Å². The molecular weight excluding hydrogens is 292 g/mol. The van der Waals surface area contributed by atoms with Crippen LogP contribution in [-0.4, -0.2) is 30.5 Å². The van der Waals surface area contributed by atoms with Gasteiger partial charge in [0.2, 0.25) is 11.9 Å². The van der Waals surface area contributed by atoms with Gasteiger partial charge in [0, 0.05) is 18.3 Å². The molecule has 1 aliphatic heterocycles. The Balaban J connectivity index is 2.05. The van der Waals surface area contributed by atoms with Gasteiger partial charge in [0.1, 0.15) is 5.66 Å². The maximum absolute atomic E-state index is 11.9. The first-order valence-electron chi connectivity index (χ1n) is 7.88. The lowest BCUT2D eigenvalue weighted by Crippen LogP contribution is -2.58. The lowest BCUT2D eigenvalue weighted by atomic mass is 9.87. The van der Waals surface area contributed by atoms with E-state index in [9.17, 15) is 4.79 Å². The Morgan fingerprint density at radius 1 is 1.26 bits per heavy atom. The van der Waals surface area contributed by atoms with Gasteiger partial charge in [0.15, 0.2) is 0 Å². The summed E-state index contributed by atoms with van der Waals surface area (Å²) in [5.74, 6) is 0.414. The van der Waals surface area contributed by atoms with Crippen LogP contribution in [0.4, 0.5) is 5.69 Å². The monoisotopic (exact) mass is 314 g/mol. The molecule has 1 heterocycles. The summed E-state index contributed by atoms with van der Waals surface area (Å²) in [5.41, 5.74) is 12.9. The van der Waals surface area contributed by atoms with Gasteiger partial charge in [0.05, 0.1) is 0 Å². The van der Waals surface area contributed by atoms with Crippen molar-refractivity contribution in [2.75, 3.05) is 11.9 Å². The molecule has 0 radical (unpaired) electrons. The van der Waals surface area contributed by atoms with Gasteiger partial charge < -0.3 is 16.8 Å². The van der Waals surface area contributed by atoms with Gasteiger partial charge in [-0.25, -0.2) is 4.99 Å². The van der Waals surface area contributed by atoms with E-state index in [1.54, 1.807) is 13.1 Å². The predicted molar refractivity (Wildman–Crippen MR) is 91.4 cm³/mol. The number of hydrogen-bond donors (Lipinski definition) is 3. The van der Waals surface area contributed by atoms with Gasteiger partial charge in [-0.1, -0.05) is 12.5 Å². The van der Waals surface area contributed by atoms with Crippen molar-refractivity contribution in [3.63, 3.8) is 0 Å². The highest BCUT2D eigenvalue weighted by Crippen LogP contribution is 2.39. The van der Waals surface area contributed by atoms with E-state index in [1.165, 1.54) is 6.42 Å². The highest BCUT2D eigenvalue weighted by atomic mass is 16.1. The minimum Gasteiger partial charge on any atom is -0.369 e. The van der Waals surface area contributed by atoms with Crippen molar-refractivity contribution in [2.45, 2.75) is 37.8 Å². The number of nitrogens with one attached hydrogen (secondary N) is 1. The van der Waals surface area contributed by atoms with Crippen molar-refractivity contribution >= 4 is 23.5 Å². The van der Waals surface area contributed by atoms with Gasteiger partial charge in [0.25, 0.3) is 5.91 Å². The molecule has 3 rings (SSSR count). The molecule has 1 fully saturated rings. The third kappa shape index (κ3) is 2.74. The second-order valence-corrected chi connectivity index (χ2v) is 5.95. The number of hydrogen-bond acceptors (Lipinski definition) is 6. The first-order valence-corrected chi connectivity index (χ1v) is 7.88. The number of anilines is 1. The van der Waals surface area contributed by atoms with E-state index in [0.29, 0.717) is 11.5 Å². The zero-order valence-corrected chi connectivity index (χ0v) is 13.2. The zero-order valence-electron chi connectivity index (χ0n) is 13.2. The fourth-order valence-corrected chi connectivity index (χ4v) is 3.43. The molecule has 7 nitrogen and oxygen atoms in total. The van der Waals surface area contributed by atoms with E-state index < -0.39 is 5.66 Å². The number of aliphatic imine (C=N–C) groups is 2. The van der Waals surface area contributed by atoms with Crippen molar-refractivity contribution in [2.24, 2.45) is 21.5 Å². The molecule has 5 N–H and O–H groups in total. The molecule has 0 saturated heterocycles. The number of amides is 1. The van der Waals surface area contributed by atoms with E-state index in [1.807, 2.05) is 23.1 Å². The lowest BCUT2D eigenvalue weighted by Gasteiger charge is -2.45. The van der Waals surface area contributed by atoms with E-state index in [4.69, 9.17) is 11.5 Å². The average Bonchev–Trinajstić information content (AvgIpc) is 2.54. The van der Waals surface area contributed by atoms with Crippen LogP contribution >= 0.6 is 0 Å². The summed E-state index contributed by atoms with van der Waals surface area (Å²) in [6.45, 7) is 0. The number of benzene rings is 1. The van der Waals surface area contributed by atoms with Crippen molar-refractivity contribution in [1.29, 1.82) is 0 Å². The molecule has 23 heavy (non-hydrogen) atoms. The number of rotatable bonds is 2. The lowest BCUT2D eigenvalue weighted by molar-refractivity contribution is 0.0963. The van der Waals surface area contributed by atoms with Crippen molar-refractivity contribution in [1.82, 2.24) is 5.32 Å². The highest BCUT2D eigenvalue weighted by Gasteiger charge is 2.42. The molecule has 0 aromatic heterocycles. The van der Waals surface area contributed by atoms with E-state index in [0.717, 1.165) is 31.4 Å². The van der Waals surface area contributed by atoms with Crippen molar-refractivity contribution in [3.05, 3.63) is 29.8 Å². The Kier molecular flexibility index (Phi) is 3.94. The molecule has 1 amide bonds. The van der Waals surface area contributed by atoms with Crippen LogP contribution in [0.3, 0.4) is 0 Å². The number of carbonyl (C=O) groups excluding carboxylic acids is 1. The Morgan fingerprint density at radius 3 is 2.70 bits per heavy atom. The van der Waals surface area contributed by atoms with E-state index >= 15 is 0 Å². The minimum absolute atomic E-state index is 0.139. The van der Waals surface area contributed by atoms with Crippen LogP contribution in [0.15, 0.2) is 34.3 Å². The average molecular weight is 314 g/mol. The molecule has 1 aliphatic carbocycles. The maximum atomic E-state index is 11.9. The Morgan fingerprint density at radius 2 is 2.00 bits per heavy atom.